The molecule has 0 spiro atoms. The lowest BCUT2D eigenvalue weighted by Gasteiger charge is -2.37. The van der Waals surface area contributed by atoms with Crippen LogP contribution in [0.1, 0.15) is 90.3 Å². The first kappa shape index (κ1) is 24.7. The smallest absolute Gasteiger partial charge is 0.248 e. The van der Waals surface area contributed by atoms with Gasteiger partial charge in [-0.25, -0.2) is 4.68 Å². The lowest BCUT2D eigenvalue weighted by atomic mass is 9.77. The zero-order chi connectivity index (χ0) is 25.1. The van der Waals surface area contributed by atoms with Crippen molar-refractivity contribution in [1.29, 1.82) is 0 Å². The van der Waals surface area contributed by atoms with E-state index in [9.17, 15) is 19.8 Å². The van der Waals surface area contributed by atoms with Crippen LogP contribution in [0.25, 0.3) is 0 Å². The van der Waals surface area contributed by atoms with Gasteiger partial charge in [-0.15, -0.1) is 5.10 Å². The fourth-order valence-corrected chi connectivity index (χ4v) is 6.85. The first-order valence-electron chi connectivity index (χ1n) is 13.3. The van der Waals surface area contributed by atoms with E-state index in [1.807, 2.05) is 33.9 Å². The Morgan fingerprint density at radius 3 is 2.49 bits per heavy atom. The number of hydrogen-bond acceptors (Lipinski definition) is 6. The molecule has 9 heteroatoms. The minimum Gasteiger partial charge on any atom is -0.391 e. The van der Waals surface area contributed by atoms with E-state index in [1.165, 1.54) is 17.7 Å². The van der Waals surface area contributed by atoms with Crippen molar-refractivity contribution in [2.45, 2.75) is 102 Å². The molecule has 2 bridgehead atoms. The van der Waals surface area contributed by atoms with Gasteiger partial charge in [0.15, 0.2) is 0 Å². The molecule has 9 nitrogen and oxygen atoms in total. The largest absolute Gasteiger partial charge is 0.391 e. The van der Waals surface area contributed by atoms with Crippen LogP contribution in [-0.2, 0) is 9.59 Å². The Bertz CT molecular complexity index is 965. The average molecular weight is 488 g/mol. The van der Waals surface area contributed by atoms with Gasteiger partial charge in [-0.3, -0.25) is 9.59 Å². The molecule has 1 saturated heterocycles. The Hall–Kier alpha value is -2.00. The summed E-state index contributed by atoms with van der Waals surface area (Å²) in [6.45, 7) is 8.01. The molecule has 7 atom stereocenters. The van der Waals surface area contributed by atoms with Crippen molar-refractivity contribution in [2.75, 3.05) is 13.1 Å². The summed E-state index contributed by atoms with van der Waals surface area (Å²) in [6, 6.07) is -1.41. The summed E-state index contributed by atoms with van der Waals surface area (Å²) in [6.07, 6.45) is 8.10. The Morgan fingerprint density at radius 2 is 1.89 bits per heavy atom. The van der Waals surface area contributed by atoms with Crippen molar-refractivity contribution in [3.8, 4) is 0 Å². The number of likely N-dealkylation sites (tertiary alicyclic amines) is 1. The number of nitrogens with zero attached hydrogens (tertiary/aromatic N) is 4. The quantitative estimate of drug-likeness (QED) is 0.541. The van der Waals surface area contributed by atoms with Crippen LogP contribution in [0.15, 0.2) is 6.20 Å². The molecule has 0 radical (unpaired) electrons. The van der Waals surface area contributed by atoms with Crippen LogP contribution in [0.5, 0.6) is 0 Å². The second-order valence-corrected chi connectivity index (χ2v) is 12.9. The highest BCUT2D eigenvalue weighted by atomic mass is 16.3. The predicted octanol–water partition coefficient (Wildman–Crippen LogP) is 2.01. The van der Waals surface area contributed by atoms with Gasteiger partial charge >= 0.3 is 0 Å². The van der Waals surface area contributed by atoms with Crippen molar-refractivity contribution < 1.29 is 19.8 Å². The molecule has 3 N–H and O–H groups in total. The molecule has 3 saturated carbocycles. The second kappa shape index (κ2) is 8.83. The van der Waals surface area contributed by atoms with Gasteiger partial charge in [0.1, 0.15) is 12.1 Å². The van der Waals surface area contributed by atoms with Gasteiger partial charge in [-0.2, -0.15) is 0 Å². The molecule has 3 aliphatic carbocycles. The standard InChI is InChI=1S/C26H41N5O4/c1-25(2,3)22(31-13-20(28-29-31)16-7-8-16)24(34)30-12-18(32)11-21(30)23(33)27-14-26(4,35)19-10-15-5-6-17(19)9-15/h13,15-19,21-22,32,35H,5-12,14H2,1-4H3,(H,27,33)/t15?,17?,18-,19?,21+,22-,26?/m1/s1. The number of fused-ring (bicyclic) bond motifs is 2. The zero-order valence-corrected chi connectivity index (χ0v) is 21.5. The summed E-state index contributed by atoms with van der Waals surface area (Å²) < 4.78 is 1.63. The lowest BCUT2D eigenvalue weighted by molar-refractivity contribution is -0.144. The average Bonchev–Trinajstić information content (AvgIpc) is 3.16. The van der Waals surface area contributed by atoms with Crippen LogP contribution >= 0.6 is 0 Å². The molecule has 4 fully saturated rings. The monoisotopic (exact) mass is 487 g/mol. The summed E-state index contributed by atoms with van der Waals surface area (Å²) in [5.74, 6) is 1.32. The second-order valence-electron chi connectivity index (χ2n) is 12.9. The van der Waals surface area contributed by atoms with Crippen LogP contribution < -0.4 is 5.32 Å². The van der Waals surface area contributed by atoms with E-state index < -0.39 is 29.2 Å². The van der Waals surface area contributed by atoms with Crippen LogP contribution in [0.4, 0.5) is 0 Å². The van der Waals surface area contributed by atoms with E-state index in [1.54, 1.807) is 4.68 Å². The molecule has 5 rings (SSSR count). The van der Waals surface area contributed by atoms with E-state index >= 15 is 0 Å². The summed E-state index contributed by atoms with van der Waals surface area (Å²) in [5, 5.41) is 33.1. The van der Waals surface area contributed by atoms with Crippen molar-refractivity contribution in [1.82, 2.24) is 25.2 Å². The maximum atomic E-state index is 13.8. The molecule has 1 aromatic heterocycles. The number of rotatable bonds is 7. The van der Waals surface area contributed by atoms with Gasteiger partial charge in [0, 0.05) is 31.6 Å². The molecule has 1 aliphatic heterocycles. The van der Waals surface area contributed by atoms with Crippen molar-refractivity contribution in [3.63, 3.8) is 0 Å². The third kappa shape index (κ3) is 4.86. The fourth-order valence-electron chi connectivity index (χ4n) is 6.85. The molecule has 35 heavy (non-hydrogen) atoms. The van der Waals surface area contributed by atoms with Crippen LogP contribution in [0.3, 0.4) is 0 Å². The maximum Gasteiger partial charge on any atom is 0.248 e. The number of carbonyl (C=O) groups is 2. The highest BCUT2D eigenvalue weighted by molar-refractivity contribution is 5.90. The van der Waals surface area contributed by atoms with Crippen molar-refractivity contribution >= 4 is 11.8 Å². The van der Waals surface area contributed by atoms with E-state index in [-0.39, 0.29) is 37.2 Å². The van der Waals surface area contributed by atoms with Crippen LogP contribution in [0.2, 0.25) is 0 Å². The number of nitrogens with one attached hydrogen (secondary N) is 1. The molecule has 4 unspecified atom stereocenters. The summed E-state index contributed by atoms with van der Waals surface area (Å²) >= 11 is 0. The number of amides is 2. The Morgan fingerprint density at radius 1 is 1.14 bits per heavy atom. The third-order valence-electron chi connectivity index (χ3n) is 8.86. The Labute approximate surface area is 207 Å². The maximum absolute atomic E-state index is 13.8. The molecular formula is C26H41N5O4. The van der Waals surface area contributed by atoms with E-state index in [0.717, 1.165) is 31.4 Å². The summed E-state index contributed by atoms with van der Waals surface area (Å²) in [7, 11) is 0. The minimum absolute atomic E-state index is 0.108. The molecule has 2 heterocycles. The molecule has 4 aliphatic rings. The van der Waals surface area contributed by atoms with Crippen LogP contribution in [-0.4, -0.2) is 72.8 Å². The lowest BCUT2D eigenvalue weighted by Crippen LogP contribution is -2.54. The number of carbonyl (C=O) groups excluding carboxylic acids is 2. The Kier molecular flexibility index (Phi) is 6.23. The number of aliphatic hydroxyl groups is 2. The fraction of sp³-hybridized carbons (Fsp3) is 0.846. The number of β-amino-alcohol motifs (C(OH)–C–C–N with tert-alkyl or cyclic N) is 1. The molecule has 0 aromatic carbocycles. The molecular weight excluding hydrogens is 446 g/mol. The third-order valence-corrected chi connectivity index (χ3v) is 8.86. The highest BCUT2D eigenvalue weighted by Gasteiger charge is 2.49. The van der Waals surface area contributed by atoms with Crippen molar-refractivity contribution in [3.05, 3.63) is 11.9 Å². The number of aromatic nitrogens is 3. The van der Waals surface area contributed by atoms with Gasteiger partial charge in [-0.1, -0.05) is 32.4 Å². The zero-order valence-electron chi connectivity index (χ0n) is 21.5. The topological polar surface area (TPSA) is 121 Å². The molecule has 2 amide bonds. The van der Waals surface area contributed by atoms with Gasteiger partial charge < -0.3 is 20.4 Å². The highest BCUT2D eigenvalue weighted by Crippen LogP contribution is 2.52. The number of hydrogen-bond donors (Lipinski definition) is 3. The Balaban J connectivity index is 1.28. The number of aliphatic hydroxyl groups excluding tert-OH is 1. The van der Waals surface area contributed by atoms with Gasteiger partial charge in [0.25, 0.3) is 0 Å². The molecule has 1 aromatic rings. The van der Waals surface area contributed by atoms with E-state index in [4.69, 9.17) is 0 Å². The first-order valence-corrected chi connectivity index (χ1v) is 13.3. The summed E-state index contributed by atoms with van der Waals surface area (Å²) in [5.41, 5.74) is -0.535. The SMILES string of the molecule is CC(O)(CNC(=O)[C@@H]1C[C@@H](O)CN1C(=O)[C@@H](n1cc(C2CC2)nn1)C(C)(C)C)C1CC2CCC1C2. The first-order chi connectivity index (χ1) is 16.4. The van der Waals surface area contributed by atoms with E-state index in [0.29, 0.717) is 17.8 Å². The normalized spacial score (nSPS) is 33.1. The van der Waals surface area contributed by atoms with E-state index in [2.05, 4.69) is 15.6 Å². The van der Waals surface area contributed by atoms with Crippen molar-refractivity contribution in [2.24, 2.45) is 23.2 Å². The predicted molar refractivity (Wildman–Crippen MR) is 129 cm³/mol. The van der Waals surface area contributed by atoms with Gasteiger partial charge in [0.05, 0.1) is 17.4 Å². The molecule has 194 valence electrons. The van der Waals surface area contributed by atoms with Gasteiger partial charge in [0.2, 0.25) is 11.8 Å². The van der Waals surface area contributed by atoms with Crippen LogP contribution in [0, 0.1) is 23.2 Å². The summed E-state index contributed by atoms with van der Waals surface area (Å²) in [4.78, 5) is 28.6. The minimum atomic E-state index is -0.977. The van der Waals surface area contributed by atoms with Gasteiger partial charge in [-0.05, 0) is 62.2 Å².